The second kappa shape index (κ2) is 8.79. The molecule has 4 nitrogen and oxygen atoms in total. The zero-order valence-electron chi connectivity index (χ0n) is 15.0. The average molecular weight is 398 g/mol. The highest BCUT2D eigenvalue weighted by molar-refractivity contribution is 7.12. The quantitative estimate of drug-likeness (QED) is 0.462. The van der Waals surface area contributed by atoms with Crippen molar-refractivity contribution in [3.63, 3.8) is 0 Å². The number of carbonyl (C=O) groups excluding carboxylic acids is 2. The number of thiophene rings is 2. The molecule has 0 radical (unpaired) electrons. The van der Waals surface area contributed by atoms with Gasteiger partial charge in [-0.05, 0) is 66.1 Å². The van der Waals surface area contributed by atoms with Crippen molar-refractivity contribution >= 4 is 51.9 Å². The van der Waals surface area contributed by atoms with Crippen LogP contribution in [0.1, 0.15) is 20.9 Å². The monoisotopic (exact) mass is 397 g/mol. The van der Waals surface area contributed by atoms with Gasteiger partial charge in [-0.2, -0.15) is 0 Å². The van der Waals surface area contributed by atoms with E-state index in [0.29, 0.717) is 11.3 Å². The zero-order chi connectivity index (χ0) is 19.2. The third kappa shape index (κ3) is 5.39. The average Bonchev–Trinajstić information content (AvgIpc) is 3.30. The number of rotatable bonds is 6. The van der Waals surface area contributed by atoms with Crippen molar-refractivity contribution in [3.05, 3.63) is 74.1 Å². The van der Waals surface area contributed by atoms with Gasteiger partial charge in [0.25, 0.3) is 5.91 Å². The topological polar surface area (TPSA) is 55.4 Å². The molecule has 138 valence electrons. The lowest BCUT2D eigenvalue weighted by Gasteiger charge is -2.09. The normalized spacial score (nSPS) is 11.3. The maximum Gasteiger partial charge on any atom is 0.340 e. The number of hydrogen-bond acceptors (Lipinski definition) is 5. The van der Waals surface area contributed by atoms with E-state index < -0.39 is 5.97 Å². The van der Waals surface area contributed by atoms with Crippen LogP contribution in [-0.4, -0.2) is 18.5 Å². The molecule has 0 unspecified atom stereocenters. The first kappa shape index (κ1) is 19.1. The summed E-state index contributed by atoms with van der Waals surface area (Å²) < 4.78 is 5.26. The Morgan fingerprint density at radius 2 is 1.74 bits per heavy atom. The van der Waals surface area contributed by atoms with Gasteiger partial charge in [-0.15, -0.1) is 22.7 Å². The molecule has 2 heterocycles. The summed E-state index contributed by atoms with van der Waals surface area (Å²) in [6.45, 7) is 3.59. The van der Waals surface area contributed by atoms with Gasteiger partial charge in [-0.25, -0.2) is 4.79 Å². The molecule has 0 fully saturated rings. The van der Waals surface area contributed by atoms with Crippen molar-refractivity contribution in [1.29, 1.82) is 0 Å². The SMILES string of the molecule is Cc1cc(C)cc(NC(=O)COC(=O)/C(=C/c2cccs2)c2cccs2)c1. The first-order chi connectivity index (χ1) is 13.0. The van der Waals surface area contributed by atoms with E-state index in [9.17, 15) is 9.59 Å². The van der Waals surface area contributed by atoms with Gasteiger partial charge in [-0.1, -0.05) is 18.2 Å². The van der Waals surface area contributed by atoms with Crippen molar-refractivity contribution in [1.82, 2.24) is 0 Å². The fourth-order valence-corrected chi connectivity index (χ4v) is 4.02. The van der Waals surface area contributed by atoms with Crippen LogP contribution in [0.5, 0.6) is 0 Å². The summed E-state index contributed by atoms with van der Waals surface area (Å²) in [6.07, 6.45) is 1.79. The molecule has 0 aliphatic heterocycles. The van der Waals surface area contributed by atoms with E-state index in [1.807, 2.05) is 67.1 Å². The van der Waals surface area contributed by atoms with Gasteiger partial charge in [0.15, 0.2) is 6.61 Å². The number of anilines is 1. The summed E-state index contributed by atoms with van der Waals surface area (Å²) in [5, 5.41) is 6.61. The highest BCUT2D eigenvalue weighted by Gasteiger charge is 2.17. The molecule has 1 amide bonds. The van der Waals surface area contributed by atoms with Gasteiger partial charge in [-0.3, -0.25) is 4.79 Å². The summed E-state index contributed by atoms with van der Waals surface area (Å²) in [5.41, 5.74) is 3.26. The van der Waals surface area contributed by atoms with Crippen LogP contribution in [-0.2, 0) is 14.3 Å². The van der Waals surface area contributed by atoms with Crippen LogP contribution in [0.2, 0.25) is 0 Å². The lowest BCUT2D eigenvalue weighted by atomic mass is 10.1. The van der Waals surface area contributed by atoms with E-state index >= 15 is 0 Å². The van der Waals surface area contributed by atoms with E-state index in [0.717, 1.165) is 20.9 Å². The fourth-order valence-electron chi connectivity index (χ4n) is 2.63. The van der Waals surface area contributed by atoms with Crippen LogP contribution >= 0.6 is 22.7 Å². The van der Waals surface area contributed by atoms with Gasteiger partial charge in [0.1, 0.15) is 0 Å². The number of benzene rings is 1. The lowest BCUT2D eigenvalue weighted by Crippen LogP contribution is -2.21. The van der Waals surface area contributed by atoms with Gasteiger partial charge in [0.05, 0.1) is 5.57 Å². The number of hydrogen-bond donors (Lipinski definition) is 1. The molecule has 27 heavy (non-hydrogen) atoms. The first-order valence-corrected chi connectivity index (χ1v) is 10.1. The molecular weight excluding hydrogens is 378 g/mol. The Kier molecular flexibility index (Phi) is 6.21. The molecular formula is C21H19NO3S2. The Bertz CT molecular complexity index is 937. The molecule has 0 aliphatic carbocycles. The molecule has 3 aromatic rings. The molecule has 1 N–H and O–H groups in total. The Morgan fingerprint density at radius 1 is 1.04 bits per heavy atom. The highest BCUT2D eigenvalue weighted by atomic mass is 32.1. The fraction of sp³-hybridized carbons (Fsp3) is 0.143. The van der Waals surface area contributed by atoms with Gasteiger partial charge in [0.2, 0.25) is 0 Å². The molecule has 2 aromatic heterocycles. The maximum atomic E-state index is 12.6. The third-order valence-corrected chi connectivity index (χ3v) is 5.40. The smallest absolute Gasteiger partial charge is 0.340 e. The predicted octanol–water partition coefficient (Wildman–Crippen LogP) is 5.15. The molecule has 0 saturated heterocycles. The van der Waals surface area contributed by atoms with Gasteiger partial charge < -0.3 is 10.1 Å². The lowest BCUT2D eigenvalue weighted by molar-refractivity contribution is -0.141. The van der Waals surface area contributed by atoms with E-state index in [2.05, 4.69) is 5.32 Å². The van der Waals surface area contributed by atoms with Crippen LogP contribution in [0.15, 0.2) is 53.2 Å². The number of ether oxygens (including phenoxy) is 1. The van der Waals surface area contributed by atoms with Crippen LogP contribution in [0, 0.1) is 13.8 Å². The number of esters is 1. The summed E-state index contributed by atoms with van der Waals surface area (Å²) in [7, 11) is 0. The minimum Gasteiger partial charge on any atom is -0.452 e. The number of amides is 1. The summed E-state index contributed by atoms with van der Waals surface area (Å²) in [4.78, 5) is 26.5. The van der Waals surface area contributed by atoms with Crippen molar-refractivity contribution in [2.75, 3.05) is 11.9 Å². The molecule has 6 heteroatoms. The molecule has 3 rings (SSSR count). The largest absolute Gasteiger partial charge is 0.452 e. The minimum atomic E-state index is -0.513. The minimum absolute atomic E-state index is 0.334. The second-order valence-corrected chi connectivity index (χ2v) is 7.98. The number of aryl methyl sites for hydroxylation is 2. The van der Waals surface area contributed by atoms with Crippen molar-refractivity contribution < 1.29 is 14.3 Å². The molecule has 0 spiro atoms. The highest BCUT2D eigenvalue weighted by Crippen LogP contribution is 2.25. The van der Waals surface area contributed by atoms with Crippen molar-refractivity contribution in [2.45, 2.75) is 13.8 Å². The summed E-state index contributed by atoms with van der Waals surface area (Å²) in [5.74, 6) is -0.878. The molecule has 0 bridgehead atoms. The molecule has 0 aliphatic rings. The zero-order valence-corrected chi connectivity index (χ0v) is 16.7. The van der Waals surface area contributed by atoms with Crippen LogP contribution in [0.3, 0.4) is 0 Å². The summed E-state index contributed by atoms with van der Waals surface area (Å²) >= 11 is 2.99. The van der Waals surface area contributed by atoms with Crippen LogP contribution < -0.4 is 5.32 Å². The van der Waals surface area contributed by atoms with E-state index in [1.54, 1.807) is 6.08 Å². The van der Waals surface area contributed by atoms with E-state index in [-0.39, 0.29) is 12.5 Å². The Labute approximate surface area is 166 Å². The van der Waals surface area contributed by atoms with Gasteiger partial charge in [0, 0.05) is 15.4 Å². The number of carbonyl (C=O) groups is 2. The molecule has 0 atom stereocenters. The predicted molar refractivity (Wildman–Crippen MR) is 112 cm³/mol. The summed E-state index contributed by atoms with van der Waals surface area (Å²) in [6, 6.07) is 13.4. The molecule has 1 aromatic carbocycles. The standard InChI is InChI=1S/C21H19NO3S2/c1-14-9-15(2)11-16(10-14)22-20(23)13-25-21(24)18(19-6-4-8-27-19)12-17-5-3-7-26-17/h3-12H,13H2,1-2H3,(H,22,23)/b18-12+. The maximum absolute atomic E-state index is 12.6. The van der Waals surface area contributed by atoms with E-state index in [1.165, 1.54) is 22.7 Å². The van der Waals surface area contributed by atoms with Crippen LogP contribution in [0.25, 0.3) is 11.6 Å². The third-order valence-electron chi connectivity index (χ3n) is 3.68. The van der Waals surface area contributed by atoms with Gasteiger partial charge >= 0.3 is 5.97 Å². The van der Waals surface area contributed by atoms with Crippen molar-refractivity contribution in [2.24, 2.45) is 0 Å². The molecule has 0 saturated carbocycles. The Morgan fingerprint density at radius 3 is 2.37 bits per heavy atom. The number of nitrogens with one attached hydrogen (secondary N) is 1. The second-order valence-electron chi connectivity index (χ2n) is 6.05. The first-order valence-electron chi connectivity index (χ1n) is 8.35. The van der Waals surface area contributed by atoms with Crippen LogP contribution in [0.4, 0.5) is 5.69 Å². The van der Waals surface area contributed by atoms with Crippen molar-refractivity contribution in [3.8, 4) is 0 Å². The Balaban J connectivity index is 1.66. The Hall–Kier alpha value is -2.70. The van der Waals surface area contributed by atoms with E-state index in [4.69, 9.17) is 4.74 Å².